The van der Waals surface area contributed by atoms with E-state index in [1.165, 1.54) is 32.2 Å². The first kappa shape index (κ1) is 18.2. The Morgan fingerprint density at radius 2 is 1.68 bits per heavy atom. The van der Waals surface area contributed by atoms with E-state index in [0.29, 0.717) is 11.4 Å². The summed E-state index contributed by atoms with van der Waals surface area (Å²) in [6, 6.07) is 10.4. The standard InChI is InChI=1S/C17H16F2N2O4/c1-10(22)20-12-4-3-5-13(9-12)21-16(23)11-6-7-14(25-17(18)19)15(8-11)24-2/h3-9,17H,1-2H3,(H,20,22)(H,21,23). The van der Waals surface area contributed by atoms with Crippen LogP contribution in [-0.4, -0.2) is 25.5 Å². The van der Waals surface area contributed by atoms with Crippen LogP contribution in [-0.2, 0) is 4.79 Å². The third kappa shape index (κ3) is 5.17. The highest BCUT2D eigenvalue weighted by Gasteiger charge is 2.14. The molecular weight excluding hydrogens is 334 g/mol. The van der Waals surface area contributed by atoms with Gasteiger partial charge in [-0.25, -0.2) is 0 Å². The molecule has 0 spiro atoms. The number of halogens is 2. The van der Waals surface area contributed by atoms with E-state index in [1.807, 2.05) is 0 Å². The Kier molecular flexibility index (Phi) is 5.89. The summed E-state index contributed by atoms with van der Waals surface area (Å²) in [4.78, 5) is 23.4. The molecule has 0 aliphatic rings. The number of benzene rings is 2. The number of rotatable bonds is 6. The Hall–Kier alpha value is -3.16. The van der Waals surface area contributed by atoms with E-state index in [2.05, 4.69) is 15.4 Å². The molecule has 0 bridgehead atoms. The van der Waals surface area contributed by atoms with Gasteiger partial charge in [0.15, 0.2) is 11.5 Å². The fraction of sp³-hybridized carbons (Fsp3) is 0.176. The van der Waals surface area contributed by atoms with Gasteiger partial charge in [0.2, 0.25) is 5.91 Å². The molecule has 0 fully saturated rings. The van der Waals surface area contributed by atoms with E-state index >= 15 is 0 Å². The zero-order chi connectivity index (χ0) is 18.4. The van der Waals surface area contributed by atoms with E-state index in [0.717, 1.165) is 0 Å². The number of hydrogen-bond acceptors (Lipinski definition) is 4. The third-order valence-corrected chi connectivity index (χ3v) is 3.08. The van der Waals surface area contributed by atoms with Crippen molar-refractivity contribution in [1.82, 2.24) is 0 Å². The smallest absolute Gasteiger partial charge is 0.387 e. The molecule has 0 saturated heterocycles. The van der Waals surface area contributed by atoms with E-state index in [9.17, 15) is 18.4 Å². The summed E-state index contributed by atoms with van der Waals surface area (Å²) in [5.74, 6) is -0.855. The minimum atomic E-state index is -3.00. The third-order valence-electron chi connectivity index (χ3n) is 3.08. The summed E-state index contributed by atoms with van der Waals surface area (Å²) in [6.07, 6.45) is 0. The zero-order valence-corrected chi connectivity index (χ0v) is 13.5. The molecule has 0 aliphatic carbocycles. The van der Waals surface area contributed by atoms with Gasteiger partial charge in [0.1, 0.15) is 0 Å². The van der Waals surface area contributed by atoms with Gasteiger partial charge in [-0.05, 0) is 36.4 Å². The van der Waals surface area contributed by atoms with E-state index in [4.69, 9.17) is 4.74 Å². The summed E-state index contributed by atoms with van der Waals surface area (Å²) < 4.78 is 33.9. The Balaban J connectivity index is 2.16. The summed E-state index contributed by atoms with van der Waals surface area (Å²) in [7, 11) is 1.28. The van der Waals surface area contributed by atoms with Crippen molar-refractivity contribution in [2.24, 2.45) is 0 Å². The lowest BCUT2D eigenvalue weighted by atomic mass is 10.1. The second-order valence-electron chi connectivity index (χ2n) is 4.96. The zero-order valence-electron chi connectivity index (χ0n) is 13.5. The minimum absolute atomic E-state index is 0.0138. The van der Waals surface area contributed by atoms with Crippen LogP contribution in [0.3, 0.4) is 0 Å². The first-order chi connectivity index (χ1) is 11.9. The quantitative estimate of drug-likeness (QED) is 0.836. The molecule has 2 N–H and O–H groups in total. The second kappa shape index (κ2) is 8.09. The molecule has 0 aromatic heterocycles. The van der Waals surface area contributed by atoms with Crippen molar-refractivity contribution >= 4 is 23.2 Å². The average molecular weight is 350 g/mol. The van der Waals surface area contributed by atoms with Crippen LogP contribution in [0.25, 0.3) is 0 Å². The molecule has 0 heterocycles. The largest absolute Gasteiger partial charge is 0.493 e. The number of methoxy groups -OCH3 is 1. The van der Waals surface area contributed by atoms with Crippen LogP contribution in [0.15, 0.2) is 42.5 Å². The normalized spacial score (nSPS) is 10.3. The van der Waals surface area contributed by atoms with Gasteiger partial charge in [0.05, 0.1) is 7.11 Å². The molecule has 8 heteroatoms. The molecular formula is C17H16F2N2O4. The number of nitrogens with one attached hydrogen (secondary N) is 2. The van der Waals surface area contributed by atoms with Gasteiger partial charge in [-0.15, -0.1) is 0 Å². The van der Waals surface area contributed by atoms with Crippen LogP contribution < -0.4 is 20.1 Å². The number of hydrogen-bond donors (Lipinski definition) is 2. The molecule has 6 nitrogen and oxygen atoms in total. The average Bonchev–Trinajstić information content (AvgIpc) is 2.54. The predicted octanol–water partition coefficient (Wildman–Crippen LogP) is 3.51. The highest BCUT2D eigenvalue weighted by molar-refractivity contribution is 6.05. The number of anilines is 2. The second-order valence-corrected chi connectivity index (χ2v) is 4.96. The van der Waals surface area contributed by atoms with Crippen LogP contribution in [0.2, 0.25) is 0 Å². The predicted molar refractivity (Wildman–Crippen MR) is 88.3 cm³/mol. The molecule has 0 unspecified atom stereocenters. The molecule has 0 saturated carbocycles. The molecule has 2 rings (SSSR count). The van der Waals surface area contributed by atoms with Crippen molar-refractivity contribution in [2.75, 3.05) is 17.7 Å². The molecule has 2 aromatic rings. The minimum Gasteiger partial charge on any atom is -0.493 e. The molecule has 0 atom stereocenters. The van der Waals surface area contributed by atoms with Crippen molar-refractivity contribution in [3.05, 3.63) is 48.0 Å². The van der Waals surface area contributed by atoms with Crippen LogP contribution >= 0.6 is 0 Å². The first-order valence-electron chi connectivity index (χ1n) is 7.21. The fourth-order valence-corrected chi connectivity index (χ4v) is 2.08. The van der Waals surface area contributed by atoms with Crippen LogP contribution in [0.4, 0.5) is 20.2 Å². The molecule has 0 aliphatic heterocycles. The van der Waals surface area contributed by atoms with Gasteiger partial charge in [-0.1, -0.05) is 6.07 Å². The summed E-state index contributed by atoms with van der Waals surface area (Å²) >= 11 is 0. The summed E-state index contributed by atoms with van der Waals surface area (Å²) in [5.41, 5.74) is 1.19. The Morgan fingerprint density at radius 1 is 1.00 bits per heavy atom. The monoisotopic (exact) mass is 350 g/mol. The summed E-state index contributed by atoms with van der Waals surface area (Å²) in [5, 5.41) is 5.25. The van der Waals surface area contributed by atoms with Crippen LogP contribution in [0.5, 0.6) is 11.5 Å². The van der Waals surface area contributed by atoms with Crippen molar-refractivity contribution in [3.63, 3.8) is 0 Å². The van der Waals surface area contributed by atoms with Crippen molar-refractivity contribution in [2.45, 2.75) is 13.5 Å². The van der Waals surface area contributed by atoms with Gasteiger partial charge in [-0.2, -0.15) is 8.78 Å². The van der Waals surface area contributed by atoms with Crippen LogP contribution in [0, 0.1) is 0 Å². The van der Waals surface area contributed by atoms with E-state index in [-0.39, 0.29) is 23.0 Å². The highest BCUT2D eigenvalue weighted by Crippen LogP contribution is 2.29. The highest BCUT2D eigenvalue weighted by atomic mass is 19.3. The van der Waals surface area contributed by atoms with Crippen molar-refractivity contribution in [3.8, 4) is 11.5 Å². The van der Waals surface area contributed by atoms with E-state index in [1.54, 1.807) is 24.3 Å². The van der Waals surface area contributed by atoms with Crippen molar-refractivity contribution < 1.29 is 27.8 Å². The number of ether oxygens (including phenoxy) is 2. The molecule has 2 amide bonds. The molecule has 25 heavy (non-hydrogen) atoms. The van der Waals surface area contributed by atoms with Gasteiger partial charge in [0.25, 0.3) is 5.91 Å². The van der Waals surface area contributed by atoms with Gasteiger partial charge < -0.3 is 20.1 Å². The topological polar surface area (TPSA) is 76.7 Å². The number of carbonyl (C=O) groups excluding carboxylic acids is 2. The van der Waals surface area contributed by atoms with Crippen molar-refractivity contribution in [1.29, 1.82) is 0 Å². The molecule has 0 radical (unpaired) electrons. The lowest BCUT2D eigenvalue weighted by Crippen LogP contribution is -2.13. The Labute approximate surface area is 142 Å². The summed E-state index contributed by atoms with van der Waals surface area (Å²) in [6.45, 7) is -1.62. The first-order valence-corrected chi connectivity index (χ1v) is 7.21. The maximum absolute atomic E-state index is 12.3. The van der Waals surface area contributed by atoms with E-state index < -0.39 is 12.5 Å². The lowest BCUT2D eigenvalue weighted by Gasteiger charge is -2.12. The van der Waals surface area contributed by atoms with Crippen LogP contribution in [0.1, 0.15) is 17.3 Å². The Bertz CT molecular complexity index is 781. The van der Waals surface area contributed by atoms with Gasteiger partial charge >= 0.3 is 6.61 Å². The van der Waals surface area contributed by atoms with Gasteiger partial charge in [-0.3, -0.25) is 9.59 Å². The Morgan fingerprint density at radius 3 is 2.28 bits per heavy atom. The maximum Gasteiger partial charge on any atom is 0.387 e. The lowest BCUT2D eigenvalue weighted by molar-refractivity contribution is -0.114. The number of carbonyl (C=O) groups is 2. The molecule has 132 valence electrons. The number of alkyl halides is 2. The fourth-order valence-electron chi connectivity index (χ4n) is 2.08. The number of amides is 2. The van der Waals surface area contributed by atoms with Gasteiger partial charge in [0, 0.05) is 23.9 Å². The SMILES string of the molecule is COc1cc(C(=O)Nc2cccc(NC(C)=O)c2)ccc1OC(F)F. The maximum atomic E-state index is 12.3. The molecule has 2 aromatic carbocycles.